The number of aromatic nitrogens is 1. The van der Waals surface area contributed by atoms with Crippen molar-refractivity contribution in [1.82, 2.24) is 4.98 Å². The molecule has 0 amide bonds. The zero-order valence-electron chi connectivity index (χ0n) is 6.67. The molecule has 66 valence electrons. The summed E-state index contributed by atoms with van der Waals surface area (Å²) in [7, 11) is 0. The van der Waals surface area contributed by atoms with Gasteiger partial charge in [0.1, 0.15) is 5.69 Å². The van der Waals surface area contributed by atoms with Crippen LogP contribution in [0.2, 0.25) is 0 Å². The Bertz CT molecular complexity index is 238. The Morgan fingerprint density at radius 2 is 2.17 bits per heavy atom. The highest BCUT2D eigenvalue weighted by molar-refractivity contribution is 5.19. The van der Waals surface area contributed by atoms with E-state index in [0.29, 0.717) is 5.56 Å². The lowest BCUT2D eigenvalue weighted by Crippen LogP contribution is -2.06. The van der Waals surface area contributed by atoms with E-state index in [4.69, 9.17) is 5.73 Å². The van der Waals surface area contributed by atoms with E-state index in [9.17, 15) is 8.78 Å². The molecule has 1 unspecified atom stereocenters. The van der Waals surface area contributed by atoms with E-state index in [0.717, 1.165) is 0 Å². The van der Waals surface area contributed by atoms with Gasteiger partial charge in [0.05, 0.1) is 0 Å². The molecular formula is C8H10F2N2. The van der Waals surface area contributed by atoms with Crippen LogP contribution in [0.1, 0.15) is 30.6 Å². The molecule has 1 aromatic heterocycles. The van der Waals surface area contributed by atoms with Gasteiger partial charge in [-0.25, -0.2) is 8.78 Å². The van der Waals surface area contributed by atoms with E-state index in [2.05, 4.69) is 4.98 Å². The van der Waals surface area contributed by atoms with Crippen molar-refractivity contribution < 1.29 is 8.78 Å². The van der Waals surface area contributed by atoms with Crippen molar-refractivity contribution >= 4 is 0 Å². The molecule has 0 radical (unpaired) electrons. The molecular weight excluding hydrogens is 162 g/mol. The van der Waals surface area contributed by atoms with Gasteiger partial charge in [-0.2, -0.15) is 0 Å². The van der Waals surface area contributed by atoms with Gasteiger partial charge >= 0.3 is 0 Å². The van der Waals surface area contributed by atoms with Crippen LogP contribution >= 0.6 is 0 Å². The zero-order valence-corrected chi connectivity index (χ0v) is 6.67. The minimum atomic E-state index is -2.52. The van der Waals surface area contributed by atoms with Crippen LogP contribution in [-0.2, 0) is 0 Å². The molecule has 0 aliphatic heterocycles. The molecule has 1 aromatic rings. The van der Waals surface area contributed by atoms with Crippen LogP contribution in [0.3, 0.4) is 0 Å². The van der Waals surface area contributed by atoms with E-state index in [-0.39, 0.29) is 11.7 Å². The minimum absolute atomic E-state index is 0.218. The van der Waals surface area contributed by atoms with Gasteiger partial charge in [-0.15, -0.1) is 0 Å². The molecule has 0 spiro atoms. The van der Waals surface area contributed by atoms with Crippen LogP contribution in [0, 0.1) is 0 Å². The highest BCUT2D eigenvalue weighted by Gasteiger charge is 2.09. The van der Waals surface area contributed by atoms with Gasteiger partial charge in [0.2, 0.25) is 0 Å². The third-order valence-corrected chi connectivity index (χ3v) is 1.55. The second kappa shape index (κ2) is 3.58. The maximum Gasteiger partial charge on any atom is 0.280 e. The maximum absolute atomic E-state index is 12.1. The van der Waals surface area contributed by atoms with Gasteiger partial charge in [-0.05, 0) is 24.6 Å². The average molecular weight is 172 g/mol. The normalized spacial score (nSPS) is 13.4. The molecule has 0 aliphatic carbocycles. The fourth-order valence-electron chi connectivity index (χ4n) is 0.868. The SMILES string of the molecule is CC(N)c1ccnc(C(F)F)c1. The molecule has 0 bridgehead atoms. The number of hydrogen-bond acceptors (Lipinski definition) is 2. The summed E-state index contributed by atoms with van der Waals surface area (Å²) in [5.74, 6) is 0. The molecule has 12 heavy (non-hydrogen) atoms. The molecule has 1 rings (SSSR count). The molecule has 0 fully saturated rings. The summed E-state index contributed by atoms with van der Waals surface area (Å²) >= 11 is 0. The highest BCUT2D eigenvalue weighted by atomic mass is 19.3. The Morgan fingerprint density at radius 3 is 2.67 bits per heavy atom. The number of halogens is 2. The third-order valence-electron chi connectivity index (χ3n) is 1.55. The largest absolute Gasteiger partial charge is 0.324 e. The van der Waals surface area contributed by atoms with Gasteiger partial charge in [0, 0.05) is 12.2 Å². The second-order valence-electron chi connectivity index (χ2n) is 2.60. The fraction of sp³-hybridized carbons (Fsp3) is 0.375. The molecule has 0 aromatic carbocycles. The molecule has 0 saturated heterocycles. The molecule has 2 nitrogen and oxygen atoms in total. The third kappa shape index (κ3) is 1.98. The molecule has 1 heterocycles. The van der Waals surface area contributed by atoms with Crippen molar-refractivity contribution in [1.29, 1.82) is 0 Å². The number of alkyl halides is 2. The topological polar surface area (TPSA) is 38.9 Å². The first kappa shape index (κ1) is 9.06. The van der Waals surface area contributed by atoms with Crippen LogP contribution in [0.5, 0.6) is 0 Å². The lowest BCUT2D eigenvalue weighted by molar-refractivity contribution is 0.146. The lowest BCUT2D eigenvalue weighted by Gasteiger charge is -2.06. The van der Waals surface area contributed by atoms with Gasteiger partial charge in [0.15, 0.2) is 0 Å². The van der Waals surface area contributed by atoms with Crippen LogP contribution < -0.4 is 5.73 Å². The summed E-state index contributed by atoms with van der Waals surface area (Å²) in [6.07, 6.45) is -1.18. The average Bonchev–Trinajstić information content (AvgIpc) is 2.04. The monoisotopic (exact) mass is 172 g/mol. The molecule has 0 saturated carbocycles. The fourth-order valence-corrected chi connectivity index (χ4v) is 0.868. The predicted octanol–water partition coefficient (Wildman–Crippen LogP) is 2.04. The van der Waals surface area contributed by atoms with Crippen LogP contribution in [0.15, 0.2) is 18.3 Å². The Kier molecular flexibility index (Phi) is 2.70. The summed E-state index contributed by atoms with van der Waals surface area (Å²) in [6.45, 7) is 1.74. The minimum Gasteiger partial charge on any atom is -0.324 e. The van der Waals surface area contributed by atoms with Crippen molar-refractivity contribution in [3.63, 3.8) is 0 Å². The summed E-state index contributed by atoms with van der Waals surface area (Å²) in [4.78, 5) is 3.52. The first-order chi connectivity index (χ1) is 5.61. The molecule has 2 N–H and O–H groups in total. The van der Waals surface area contributed by atoms with Gasteiger partial charge in [-0.3, -0.25) is 4.98 Å². The maximum atomic E-state index is 12.1. The number of hydrogen-bond donors (Lipinski definition) is 1. The van der Waals surface area contributed by atoms with Crippen molar-refractivity contribution in [2.75, 3.05) is 0 Å². The van der Waals surface area contributed by atoms with E-state index in [1.54, 1.807) is 13.0 Å². The van der Waals surface area contributed by atoms with Crippen molar-refractivity contribution in [3.05, 3.63) is 29.6 Å². The zero-order chi connectivity index (χ0) is 9.14. The molecule has 1 atom stereocenters. The van der Waals surface area contributed by atoms with Gasteiger partial charge < -0.3 is 5.73 Å². The van der Waals surface area contributed by atoms with E-state index < -0.39 is 6.43 Å². The van der Waals surface area contributed by atoms with E-state index in [1.807, 2.05) is 0 Å². The smallest absolute Gasteiger partial charge is 0.280 e. The number of nitrogens with zero attached hydrogens (tertiary/aromatic N) is 1. The quantitative estimate of drug-likeness (QED) is 0.741. The first-order valence-corrected chi connectivity index (χ1v) is 3.61. The van der Waals surface area contributed by atoms with Crippen LogP contribution in [0.25, 0.3) is 0 Å². The summed E-state index contributed by atoms with van der Waals surface area (Å²) in [5, 5.41) is 0. The Labute approximate surface area is 69.4 Å². The highest BCUT2D eigenvalue weighted by Crippen LogP contribution is 2.18. The Morgan fingerprint density at radius 1 is 1.50 bits per heavy atom. The van der Waals surface area contributed by atoms with Crippen molar-refractivity contribution in [2.24, 2.45) is 5.73 Å². The number of rotatable bonds is 2. The summed E-state index contributed by atoms with van der Waals surface area (Å²) in [5.41, 5.74) is 5.97. The van der Waals surface area contributed by atoms with Gasteiger partial charge in [-0.1, -0.05) is 0 Å². The van der Waals surface area contributed by atoms with Crippen molar-refractivity contribution in [2.45, 2.75) is 19.4 Å². The summed E-state index contributed by atoms with van der Waals surface area (Å²) in [6, 6.07) is 2.73. The number of nitrogens with two attached hydrogens (primary N) is 1. The van der Waals surface area contributed by atoms with Crippen LogP contribution in [-0.4, -0.2) is 4.98 Å². The van der Waals surface area contributed by atoms with Crippen molar-refractivity contribution in [3.8, 4) is 0 Å². The van der Waals surface area contributed by atoms with E-state index >= 15 is 0 Å². The van der Waals surface area contributed by atoms with E-state index in [1.165, 1.54) is 12.3 Å². The first-order valence-electron chi connectivity index (χ1n) is 3.61. The molecule has 4 heteroatoms. The standard InChI is InChI=1S/C8H10F2N2/c1-5(11)6-2-3-12-7(4-6)8(9)10/h2-5,8H,11H2,1H3. The Balaban J connectivity index is 2.96. The summed E-state index contributed by atoms with van der Waals surface area (Å²) < 4.78 is 24.2. The van der Waals surface area contributed by atoms with Gasteiger partial charge in [0.25, 0.3) is 6.43 Å². The predicted molar refractivity (Wildman–Crippen MR) is 41.8 cm³/mol. The second-order valence-corrected chi connectivity index (χ2v) is 2.60. The Hall–Kier alpha value is -1.03. The number of pyridine rings is 1. The lowest BCUT2D eigenvalue weighted by atomic mass is 10.1. The molecule has 0 aliphatic rings. The van der Waals surface area contributed by atoms with Crippen LogP contribution in [0.4, 0.5) is 8.78 Å².